The van der Waals surface area contributed by atoms with Crippen molar-refractivity contribution in [1.29, 1.82) is 0 Å². The fourth-order valence-corrected chi connectivity index (χ4v) is 2.49. The summed E-state index contributed by atoms with van der Waals surface area (Å²) in [6.45, 7) is 5.04. The highest BCUT2D eigenvalue weighted by Crippen LogP contribution is 2.25. The van der Waals surface area contributed by atoms with Crippen LogP contribution < -0.4 is 10.6 Å². The smallest absolute Gasteiger partial charge is 0.320 e. The van der Waals surface area contributed by atoms with E-state index in [2.05, 4.69) is 22.7 Å². The van der Waals surface area contributed by atoms with Crippen LogP contribution >= 0.6 is 0 Å². The van der Waals surface area contributed by atoms with Gasteiger partial charge in [0.15, 0.2) is 5.82 Å². The first-order chi connectivity index (χ1) is 9.65. The molecule has 2 N–H and O–H groups in total. The van der Waals surface area contributed by atoms with Crippen LogP contribution in [0.2, 0.25) is 0 Å². The molecule has 0 radical (unpaired) electrons. The molecule has 1 aromatic rings. The van der Waals surface area contributed by atoms with Crippen LogP contribution in [0, 0.1) is 12.8 Å². The van der Waals surface area contributed by atoms with Crippen LogP contribution in [-0.4, -0.2) is 30.4 Å². The second kappa shape index (κ2) is 7.28. The number of nitrogens with zero attached hydrogens (tertiary/aromatic N) is 1. The van der Waals surface area contributed by atoms with E-state index in [1.165, 1.54) is 19.3 Å². The number of carbonyl (C=O) groups excluding carboxylic acids is 1. The molecule has 112 valence electrons. The van der Waals surface area contributed by atoms with E-state index < -0.39 is 0 Å². The van der Waals surface area contributed by atoms with E-state index in [4.69, 9.17) is 9.26 Å². The van der Waals surface area contributed by atoms with Gasteiger partial charge in [-0.25, -0.2) is 4.79 Å². The van der Waals surface area contributed by atoms with E-state index in [1.807, 2.05) is 0 Å². The minimum absolute atomic E-state index is 0.293. The van der Waals surface area contributed by atoms with E-state index in [-0.39, 0.29) is 6.03 Å². The maximum Gasteiger partial charge on any atom is 0.320 e. The van der Waals surface area contributed by atoms with Gasteiger partial charge in [-0.05, 0) is 25.7 Å². The molecule has 0 saturated heterocycles. The quantitative estimate of drug-likeness (QED) is 0.814. The number of rotatable bonds is 5. The highest BCUT2D eigenvalue weighted by molar-refractivity contribution is 5.88. The molecule has 2 atom stereocenters. The molecule has 1 fully saturated rings. The van der Waals surface area contributed by atoms with E-state index in [0.717, 1.165) is 6.42 Å². The van der Waals surface area contributed by atoms with Crippen molar-refractivity contribution < 1.29 is 14.1 Å². The minimum atomic E-state index is -0.293. The van der Waals surface area contributed by atoms with Gasteiger partial charge in [0, 0.05) is 12.6 Å². The zero-order valence-electron chi connectivity index (χ0n) is 12.1. The molecule has 1 saturated carbocycles. The van der Waals surface area contributed by atoms with Crippen molar-refractivity contribution in [1.82, 2.24) is 10.5 Å². The average molecular weight is 281 g/mol. The topological polar surface area (TPSA) is 76.4 Å². The summed E-state index contributed by atoms with van der Waals surface area (Å²) < 4.78 is 10.7. The number of hydrogen-bond acceptors (Lipinski definition) is 4. The first-order valence-corrected chi connectivity index (χ1v) is 7.25. The Kier molecular flexibility index (Phi) is 5.40. The summed E-state index contributed by atoms with van der Waals surface area (Å²) in [6.07, 6.45) is 5.26. The molecule has 0 spiro atoms. The van der Waals surface area contributed by atoms with Gasteiger partial charge in [0.25, 0.3) is 0 Å². The molecule has 2 rings (SSSR count). The first kappa shape index (κ1) is 14.8. The van der Waals surface area contributed by atoms with Gasteiger partial charge in [0.05, 0.1) is 12.7 Å². The molecule has 6 nitrogen and oxygen atoms in total. The maximum absolute atomic E-state index is 11.6. The van der Waals surface area contributed by atoms with Crippen LogP contribution in [0.15, 0.2) is 10.6 Å². The third-order valence-corrected chi connectivity index (χ3v) is 3.62. The molecule has 1 aliphatic carbocycles. The zero-order valence-corrected chi connectivity index (χ0v) is 12.1. The lowest BCUT2D eigenvalue weighted by Gasteiger charge is -2.28. The Balaban J connectivity index is 1.59. The fourth-order valence-electron chi connectivity index (χ4n) is 2.49. The average Bonchev–Trinajstić information content (AvgIpc) is 2.82. The van der Waals surface area contributed by atoms with E-state index in [0.29, 0.717) is 36.8 Å². The van der Waals surface area contributed by atoms with E-state index in [9.17, 15) is 4.79 Å². The molecule has 20 heavy (non-hydrogen) atoms. The molecule has 0 aromatic carbocycles. The van der Waals surface area contributed by atoms with E-state index >= 15 is 0 Å². The molecule has 1 heterocycles. The number of aryl methyl sites for hydroxylation is 1. The van der Waals surface area contributed by atoms with Crippen molar-refractivity contribution in [3.63, 3.8) is 0 Å². The Morgan fingerprint density at radius 2 is 2.30 bits per heavy atom. The summed E-state index contributed by atoms with van der Waals surface area (Å²) in [4.78, 5) is 11.6. The van der Waals surface area contributed by atoms with Crippen LogP contribution in [0.25, 0.3) is 0 Å². The highest BCUT2D eigenvalue weighted by Gasteiger charge is 2.21. The van der Waals surface area contributed by atoms with Crippen LogP contribution in [0.5, 0.6) is 0 Å². The predicted octanol–water partition coefficient (Wildman–Crippen LogP) is 2.70. The van der Waals surface area contributed by atoms with Crippen molar-refractivity contribution in [2.24, 2.45) is 5.92 Å². The Bertz CT molecular complexity index is 433. The summed E-state index contributed by atoms with van der Waals surface area (Å²) in [6, 6.07) is 1.37. The molecular weight excluding hydrogens is 258 g/mol. The third kappa shape index (κ3) is 4.52. The molecule has 2 amide bonds. The number of hydrogen-bond donors (Lipinski definition) is 2. The zero-order chi connectivity index (χ0) is 14.4. The van der Waals surface area contributed by atoms with Crippen molar-refractivity contribution in [2.75, 3.05) is 18.5 Å². The van der Waals surface area contributed by atoms with Gasteiger partial charge in [-0.2, -0.15) is 0 Å². The second-order valence-corrected chi connectivity index (χ2v) is 5.37. The number of urea groups is 1. The van der Waals surface area contributed by atoms with Gasteiger partial charge in [0.2, 0.25) is 0 Å². The molecule has 0 unspecified atom stereocenters. The molecule has 1 aromatic heterocycles. The van der Waals surface area contributed by atoms with Crippen molar-refractivity contribution in [3.8, 4) is 0 Å². The maximum atomic E-state index is 11.6. The standard InChI is InChI=1S/C14H23N3O3/c1-10-5-3-4-6-12(10)19-8-7-15-14(18)16-13-9-11(2)20-17-13/h9-10,12H,3-8H2,1-2H3,(H2,15,16,17,18)/t10-,12+/m1/s1. The molecule has 0 aliphatic heterocycles. The largest absolute Gasteiger partial charge is 0.376 e. The summed E-state index contributed by atoms with van der Waals surface area (Å²) in [7, 11) is 0. The van der Waals surface area contributed by atoms with Crippen molar-refractivity contribution >= 4 is 11.8 Å². The predicted molar refractivity (Wildman–Crippen MR) is 75.6 cm³/mol. The number of ether oxygens (including phenoxy) is 1. The Hall–Kier alpha value is -1.56. The number of carbonyl (C=O) groups is 1. The Labute approximate surface area is 119 Å². The highest BCUT2D eigenvalue weighted by atomic mass is 16.5. The lowest BCUT2D eigenvalue weighted by Crippen LogP contribution is -2.34. The number of anilines is 1. The molecular formula is C14H23N3O3. The minimum Gasteiger partial charge on any atom is -0.376 e. The Morgan fingerprint density at radius 3 is 3.00 bits per heavy atom. The van der Waals surface area contributed by atoms with Gasteiger partial charge < -0.3 is 14.6 Å². The van der Waals surface area contributed by atoms with E-state index in [1.54, 1.807) is 13.0 Å². The van der Waals surface area contributed by atoms with Gasteiger partial charge in [-0.15, -0.1) is 0 Å². The lowest BCUT2D eigenvalue weighted by atomic mass is 9.88. The molecule has 6 heteroatoms. The van der Waals surface area contributed by atoms with Crippen LogP contribution in [-0.2, 0) is 4.74 Å². The molecule has 0 bridgehead atoms. The van der Waals surface area contributed by atoms with Crippen LogP contribution in [0.3, 0.4) is 0 Å². The Morgan fingerprint density at radius 1 is 1.50 bits per heavy atom. The second-order valence-electron chi connectivity index (χ2n) is 5.37. The third-order valence-electron chi connectivity index (χ3n) is 3.62. The summed E-state index contributed by atoms with van der Waals surface area (Å²) in [5.41, 5.74) is 0. The number of amides is 2. The first-order valence-electron chi connectivity index (χ1n) is 7.25. The van der Waals surface area contributed by atoms with Gasteiger partial charge in [0.1, 0.15) is 5.76 Å². The van der Waals surface area contributed by atoms with Crippen LogP contribution in [0.4, 0.5) is 10.6 Å². The van der Waals surface area contributed by atoms with Gasteiger partial charge in [-0.1, -0.05) is 24.9 Å². The SMILES string of the molecule is Cc1cc(NC(=O)NCCO[C@H]2CCCC[C@H]2C)no1. The van der Waals surface area contributed by atoms with Crippen molar-refractivity contribution in [3.05, 3.63) is 11.8 Å². The van der Waals surface area contributed by atoms with Crippen LogP contribution in [0.1, 0.15) is 38.4 Å². The van der Waals surface area contributed by atoms with Gasteiger partial charge in [-0.3, -0.25) is 5.32 Å². The van der Waals surface area contributed by atoms with Crippen molar-refractivity contribution in [2.45, 2.75) is 45.6 Å². The summed E-state index contributed by atoms with van der Waals surface area (Å²) in [5, 5.41) is 9.03. The molecule has 1 aliphatic rings. The lowest BCUT2D eigenvalue weighted by molar-refractivity contribution is -0.00232. The van der Waals surface area contributed by atoms with Gasteiger partial charge >= 0.3 is 6.03 Å². The summed E-state index contributed by atoms with van der Waals surface area (Å²) >= 11 is 0. The number of nitrogens with one attached hydrogen (secondary N) is 2. The fraction of sp³-hybridized carbons (Fsp3) is 0.714. The summed E-state index contributed by atoms with van der Waals surface area (Å²) in [5.74, 6) is 1.70. The monoisotopic (exact) mass is 281 g/mol. The normalized spacial score (nSPS) is 22.5. The number of aromatic nitrogens is 1.